The summed E-state index contributed by atoms with van der Waals surface area (Å²) in [6.07, 6.45) is 6.05. The lowest BCUT2D eigenvalue weighted by Crippen LogP contribution is -2.11. The average Bonchev–Trinajstić information content (AvgIpc) is 2.39. The first kappa shape index (κ1) is 13.5. The van der Waals surface area contributed by atoms with Crippen LogP contribution in [-0.4, -0.2) is 24.6 Å². The van der Waals surface area contributed by atoms with Gasteiger partial charge in [0.1, 0.15) is 0 Å². The second kappa shape index (κ2) is 5.36. The number of hydrogen-bond acceptors (Lipinski definition) is 5. The molecule has 0 saturated heterocycles. The Morgan fingerprint density at radius 2 is 1.95 bits per heavy atom. The van der Waals surface area contributed by atoms with Crippen molar-refractivity contribution in [3.8, 4) is 0 Å². The van der Waals surface area contributed by atoms with Crippen molar-refractivity contribution in [2.24, 2.45) is 0 Å². The normalized spacial score (nSPS) is 12.9. The minimum atomic E-state index is -3.26. The highest BCUT2D eigenvalue weighted by molar-refractivity contribution is 7.90. The molecule has 19 heavy (non-hydrogen) atoms. The fraction of sp³-hybridized carbons (Fsp3) is 0.231. The number of nitrogens with one attached hydrogen (secondary N) is 1. The minimum absolute atomic E-state index is 0.128. The molecule has 1 heterocycles. The lowest BCUT2D eigenvalue weighted by molar-refractivity contribution is 0.602. The van der Waals surface area contributed by atoms with Crippen molar-refractivity contribution in [2.75, 3.05) is 11.6 Å². The van der Waals surface area contributed by atoms with Crippen molar-refractivity contribution in [1.82, 2.24) is 9.97 Å². The SMILES string of the molecule is CC(Nc1ccccc1S(C)(=O)=O)c1cnccn1. The molecule has 1 aromatic carbocycles. The van der Waals surface area contributed by atoms with Gasteiger partial charge in [0.2, 0.25) is 0 Å². The molecule has 0 aliphatic carbocycles. The molecule has 6 heteroatoms. The minimum Gasteiger partial charge on any atom is -0.376 e. The van der Waals surface area contributed by atoms with E-state index in [4.69, 9.17) is 0 Å². The third-order valence-corrected chi connectivity index (χ3v) is 3.84. The van der Waals surface area contributed by atoms with E-state index in [1.54, 1.807) is 42.9 Å². The highest BCUT2D eigenvalue weighted by atomic mass is 32.2. The molecular weight excluding hydrogens is 262 g/mol. The summed E-state index contributed by atoms with van der Waals surface area (Å²) in [5.41, 5.74) is 1.33. The molecule has 0 fully saturated rings. The number of para-hydroxylation sites is 1. The van der Waals surface area contributed by atoms with Crippen LogP contribution in [-0.2, 0) is 9.84 Å². The molecule has 1 unspecified atom stereocenters. The molecule has 2 rings (SSSR count). The Balaban J connectivity index is 2.30. The van der Waals surface area contributed by atoms with E-state index in [1.165, 1.54) is 6.26 Å². The van der Waals surface area contributed by atoms with Gasteiger partial charge in [0, 0.05) is 18.6 Å². The van der Waals surface area contributed by atoms with Crippen LogP contribution in [0.15, 0.2) is 47.8 Å². The van der Waals surface area contributed by atoms with E-state index in [1.807, 2.05) is 6.92 Å². The van der Waals surface area contributed by atoms with Gasteiger partial charge < -0.3 is 5.32 Å². The number of nitrogens with zero attached hydrogens (tertiary/aromatic N) is 2. The van der Waals surface area contributed by atoms with Gasteiger partial charge in [0.15, 0.2) is 9.84 Å². The summed E-state index contributed by atoms with van der Waals surface area (Å²) in [4.78, 5) is 8.47. The molecule has 2 aromatic rings. The smallest absolute Gasteiger partial charge is 0.177 e. The summed E-state index contributed by atoms with van der Waals surface area (Å²) >= 11 is 0. The molecule has 0 spiro atoms. The Kier molecular flexibility index (Phi) is 3.80. The molecule has 0 saturated carbocycles. The Labute approximate surface area is 112 Å². The molecule has 0 amide bonds. The molecular formula is C13H15N3O2S. The summed E-state index contributed by atoms with van der Waals surface area (Å²) in [6, 6.07) is 6.69. The Morgan fingerprint density at radius 3 is 2.58 bits per heavy atom. The van der Waals surface area contributed by atoms with Crippen LogP contribution in [0.25, 0.3) is 0 Å². The van der Waals surface area contributed by atoms with Crippen molar-refractivity contribution >= 4 is 15.5 Å². The van der Waals surface area contributed by atoms with Crippen LogP contribution < -0.4 is 5.32 Å². The number of aromatic nitrogens is 2. The zero-order valence-corrected chi connectivity index (χ0v) is 11.6. The monoisotopic (exact) mass is 277 g/mol. The zero-order valence-electron chi connectivity index (χ0n) is 10.7. The van der Waals surface area contributed by atoms with Crippen LogP contribution in [0.5, 0.6) is 0 Å². The van der Waals surface area contributed by atoms with Crippen molar-refractivity contribution < 1.29 is 8.42 Å². The largest absolute Gasteiger partial charge is 0.376 e. The highest BCUT2D eigenvalue weighted by Gasteiger charge is 2.15. The first-order valence-corrected chi connectivity index (χ1v) is 7.69. The summed E-state index contributed by atoms with van der Waals surface area (Å²) < 4.78 is 23.4. The highest BCUT2D eigenvalue weighted by Crippen LogP contribution is 2.24. The maximum absolute atomic E-state index is 11.7. The zero-order chi connectivity index (χ0) is 13.9. The van der Waals surface area contributed by atoms with Gasteiger partial charge in [0.05, 0.1) is 28.5 Å². The molecule has 100 valence electrons. The van der Waals surface area contributed by atoms with E-state index in [-0.39, 0.29) is 10.9 Å². The van der Waals surface area contributed by atoms with Crippen molar-refractivity contribution in [2.45, 2.75) is 17.9 Å². The van der Waals surface area contributed by atoms with Gasteiger partial charge in [-0.25, -0.2) is 8.42 Å². The number of anilines is 1. The van der Waals surface area contributed by atoms with Gasteiger partial charge in [-0.2, -0.15) is 0 Å². The van der Waals surface area contributed by atoms with Crippen molar-refractivity contribution in [1.29, 1.82) is 0 Å². The van der Waals surface area contributed by atoms with Crippen molar-refractivity contribution in [3.63, 3.8) is 0 Å². The number of rotatable bonds is 4. The van der Waals surface area contributed by atoms with E-state index >= 15 is 0 Å². The lowest BCUT2D eigenvalue weighted by atomic mass is 10.2. The second-order valence-corrected chi connectivity index (χ2v) is 6.25. The van der Waals surface area contributed by atoms with Crippen LogP contribution in [0.3, 0.4) is 0 Å². The molecule has 0 radical (unpaired) electrons. The van der Waals surface area contributed by atoms with Crippen LogP contribution in [0.4, 0.5) is 5.69 Å². The molecule has 1 atom stereocenters. The molecule has 0 aliphatic heterocycles. The Hall–Kier alpha value is -1.95. The summed E-state index contributed by atoms with van der Waals surface area (Å²) in [5, 5.41) is 3.15. The maximum Gasteiger partial charge on any atom is 0.177 e. The Bertz CT molecular complexity index is 657. The average molecular weight is 277 g/mol. The van der Waals surface area contributed by atoms with Crippen LogP contribution in [0.2, 0.25) is 0 Å². The van der Waals surface area contributed by atoms with Gasteiger partial charge >= 0.3 is 0 Å². The fourth-order valence-electron chi connectivity index (χ4n) is 1.75. The van der Waals surface area contributed by atoms with Gasteiger partial charge in [-0.05, 0) is 19.1 Å². The molecule has 1 N–H and O–H groups in total. The lowest BCUT2D eigenvalue weighted by Gasteiger charge is -2.16. The third kappa shape index (κ3) is 3.29. The van der Waals surface area contributed by atoms with E-state index < -0.39 is 9.84 Å². The van der Waals surface area contributed by atoms with Crippen LogP contribution >= 0.6 is 0 Å². The predicted octanol–water partition coefficient (Wildman–Crippen LogP) is 2.05. The number of hydrogen-bond donors (Lipinski definition) is 1. The quantitative estimate of drug-likeness (QED) is 0.926. The molecule has 0 bridgehead atoms. The van der Waals surface area contributed by atoms with Gasteiger partial charge in [-0.15, -0.1) is 0 Å². The van der Waals surface area contributed by atoms with Gasteiger partial charge in [-0.1, -0.05) is 12.1 Å². The van der Waals surface area contributed by atoms with Crippen molar-refractivity contribution in [3.05, 3.63) is 48.5 Å². The molecule has 0 aliphatic rings. The third-order valence-electron chi connectivity index (χ3n) is 2.69. The summed E-state index contributed by atoms with van der Waals surface area (Å²) in [7, 11) is -3.26. The number of sulfone groups is 1. The Morgan fingerprint density at radius 1 is 1.21 bits per heavy atom. The first-order valence-electron chi connectivity index (χ1n) is 5.80. The standard InChI is InChI=1S/C13H15N3O2S/c1-10(12-9-14-7-8-15-12)16-11-5-3-4-6-13(11)19(2,17)18/h3-10,16H,1-2H3. The maximum atomic E-state index is 11.7. The number of benzene rings is 1. The van der Waals surface area contributed by atoms with E-state index in [9.17, 15) is 8.42 Å². The summed E-state index contributed by atoms with van der Waals surface area (Å²) in [5.74, 6) is 0. The predicted molar refractivity (Wildman–Crippen MR) is 73.6 cm³/mol. The van der Waals surface area contributed by atoms with Crippen LogP contribution in [0.1, 0.15) is 18.7 Å². The van der Waals surface area contributed by atoms with Gasteiger partial charge in [-0.3, -0.25) is 9.97 Å². The second-order valence-electron chi connectivity index (χ2n) is 4.26. The van der Waals surface area contributed by atoms with Gasteiger partial charge in [0.25, 0.3) is 0 Å². The van der Waals surface area contributed by atoms with E-state index in [2.05, 4.69) is 15.3 Å². The first-order chi connectivity index (χ1) is 8.98. The van der Waals surface area contributed by atoms with E-state index in [0.29, 0.717) is 5.69 Å². The fourth-order valence-corrected chi connectivity index (χ4v) is 2.60. The summed E-state index contributed by atoms with van der Waals surface area (Å²) in [6.45, 7) is 1.91. The van der Waals surface area contributed by atoms with Crippen LogP contribution in [0, 0.1) is 0 Å². The molecule has 1 aromatic heterocycles. The molecule has 5 nitrogen and oxygen atoms in total. The van der Waals surface area contributed by atoms with E-state index in [0.717, 1.165) is 5.69 Å². The topological polar surface area (TPSA) is 72.0 Å².